The fourth-order valence-corrected chi connectivity index (χ4v) is 1.71. The van der Waals surface area contributed by atoms with Gasteiger partial charge in [0.1, 0.15) is 0 Å². The van der Waals surface area contributed by atoms with Crippen molar-refractivity contribution in [2.75, 3.05) is 0 Å². The minimum absolute atomic E-state index is 0.156. The van der Waals surface area contributed by atoms with Gasteiger partial charge in [-0.1, -0.05) is 0 Å². The van der Waals surface area contributed by atoms with Crippen molar-refractivity contribution in [3.05, 3.63) is 0 Å². The molecule has 0 saturated carbocycles. The van der Waals surface area contributed by atoms with Gasteiger partial charge in [0.05, 0.1) is 0 Å². The third-order valence-electron chi connectivity index (χ3n) is 1.74. The van der Waals surface area contributed by atoms with Crippen LogP contribution in [0.5, 0.6) is 0 Å². The first-order valence-corrected chi connectivity index (χ1v) is 5.20. The summed E-state index contributed by atoms with van der Waals surface area (Å²) in [6.45, 7) is 4.07. The van der Waals surface area contributed by atoms with Gasteiger partial charge in [-0.2, -0.15) is 0 Å². The van der Waals surface area contributed by atoms with E-state index in [2.05, 4.69) is 20.6 Å². The maximum atomic E-state index is 10.3. The molecule has 0 radical (unpaired) electrons. The van der Waals surface area contributed by atoms with E-state index in [0.717, 1.165) is 6.42 Å². The molecule has 0 rings (SSSR count). The van der Waals surface area contributed by atoms with Crippen LogP contribution in [-0.4, -0.2) is 44.6 Å². The summed E-state index contributed by atoms with van der Waals surface area (Å²) in [6, 6.07) is -0.156. The first-order chi connectivity index (χ1) is 5.97. The molecule has 0 aromatic heterocycles. The Morgan fingerprint density at radius 2 is 2.08 bits per heavy atom. The Morgan fingerprint density at radius 3 is 2.38 bits per heavy atom. The molecule has 0 aliphatic carbocycles. The fourth-order valence-electron chi connectivity index (χ4n) is 1.12. The first kappa shape index (κ1) is 12.9. The number of carbonyl (C=O) groups is 1. The van der Waals surface area contributed by atoms with Gasteiger partial charge in [-0.3, -0.25) is 0 Å². The molecule has 0 bridgehead atoms. The Kier molecular flexibility index (Phi) is 6.33. The van der Waals surface area contributed by atoms with Gasteiger partial charge in [-0.05, 0) is 0 Å². The van der Waals surface area contributed by atoms with Crippen molar-refractivity contribution in [2.45, 2.75) is 38.8 Å². The average Bonchev–Trinajstić information content (AvgIpc) is 1.98. The minimum atomic E-state index is -0.969. The van der Waals surface area contributed by atoms with Crippen LogP contribution in [0.4, 0.5) is 0 Å². The topological polar surface area (TPSA) is 69.6 Å². The molecule has 0 aliphatic rings. The van der Waals surface area contributed by atoms with Gasteiger partial charge < -0.3 is 0 Å². The summed E-state index contributed by atoms with van der Waals surface area (Å²) in [5, 5.41) is 17.9. The Hall–Kier alpha value is -0.0905. The van der Waals surface area contributed by atoms with Gasteiger partial charge in [0.15, 0.2) is 0 Å². The van der Waals surface area contributed by atoms with Crippen LogP contribution in [-0.2, 0) is 4.79 Å². The molecule has 0 amide bonds. The molecule has 0 fully saturated rings. The molecular formula is C8H17NO3Se. The average molecular weight is 254 g/mol. The molecular weight excluding hydrogens is 237 g/mol. The van der Waals surface area contributed by atoms with Crippen molar-refractivity contribution in [1.82, 2.24) is 4.33 Å². The SMILES string of the molecule is CC(C)C[C@H](N[SeH])[C@@H](O)CC(=O)O. The molecule has 0 aromatic rings. The zero-order valence-electron chi connectivity index (χ0n) is 7.90. The standard InChI is InChI=1S/C8H17NO3Se/c1-5(2)3-6(9-13)7(10)4-8(11)12/h5-7,9-10,13H,3-4H2,1-2H3,(H,11,12)/t6-,7-/m0/s1. The second kappa shape index (κ2) is 6.38. The Labute approximate surface area is 86.7 Å². The molecule has 0 heterocycles. The Bertz CT molecular complexity index is 163. The van der Waals surface area contributed by atoms with E-state index in [-0.39, 0.29) is 12.5 Å². The van der Waals surface area contributed by atoms with E-state index in [1.54, 1.807) is 0 Å². The van der Waals surface area contributed by atoms with Crippen molar-refractivity contribution in [3.8, 4) is 0 Å². The summed E-state index contributed by atoms with van der Waals surface area (Å²) in [7, 11) is 0. The first-order valence-electron chi connectivity index (χ1n) is 4.26. The van der Waals surface area contributed by atoms with Gasteiger partial charge in [0.2, 0.25) is 0 Å². The molecule has 78 valence electrons. The third kappa shape index (κ3) is 6.04. The van der Waals surface area contributed by atoms with E-state index < -0.39 is 12.1 Å². The molecule has 4 nitrogen and oxygen atoms in total. The molecule has 0 spiro atoms. The monoisotopic (exact) mass is 255 g/mol. The zero-order valence-corrected chi connectivity index (χ0v) is 9.77. The van der Waals surface area contributed by atoms with Gasteiger partial charge in [0.25, 0.3) is 0 Å². The van der Waals surface area contributed by atoms with Gasteiger partial charge >= 0.3 is 86.3 Å². The van der Waals surface area contributed by atoms with Crippen LogP contribution < -0.4 is 4.33 Å². The number of carboxylic acids is 1. The second-order valence-corrected chi connectivity index (χ2v) is 4.07. The van der Waals surface area contributed by atoms with Crippen LogP contribution in [0, 0.1) is 5.92 Å². The van der Waals surface area contributed by atoms with E-state index >= 15 is 0 Å². The fraction of sp³-hybridized carbons (Fsp3) is 0.875. The van der Waals surface area contributed by atoms with E-state index in [4.69, 9.17) is 5.11 Å². The van der Waals surface area contributed by atoms with Crippen LogP contribution in [0.15, 0.2) is 0 Å². The van der Waals surface area contributed by atoms with E-state index in [1.807, 2.05) is 13.8 Å². The summed E-state index contributed by atoms with van der Waals surface area (Å²) in [5.74, 6) is -0.533. The second-order valence-electron chi connectivity index (χ2n) is 3.53. The molecule has 0 unspecified atom stereocenters. The van der Waals surface area contributed by atoms with Crippen molar-refractivity contribution >= 4 is 22.2 Å². The number of rotatable bonds is 6. The number of nitrogens with one attached hydrogen (secondary N) is 1. The molecule has 3 N–H and O–H groups in total. The number of aliphatic carboxylic acids is 1. The number of aliphatic hydroxyl groups is 1. The van der Waals surface area contributed by atoms with Crippen LogP contribution >= 0.6 is 0 Å². The van der Waals surface area contributed by atoms with Crippen LogP contribution in [0.25, 0.3) is 0 Å². The molecule has 5 heteroatoms. The Balaban J connectivity index is 3.98. The van der Waals surface area contributed by atoms with Crippen molar-refractivity contribution < 1.29 is 15.0 Å². The molecule has 0 aliphatic heterocycles. The number of carboxylic acid groups (broad SMARTS) is 1. The maximum absolute atomic E-state index is 10.3. The van der Waals surface area contributed by atoms with Crippen molar-refractivity contribution in [2.24, 2.45) is 5.92 Å². The molecule has 0 aromatic carbocycles. The predicted octanol–water partition coefficient (Wildman–Crippen LogP) is -0.358. The van der Waals surface area contributed by atoms with Gasteiger partial charge in [-0.15, -0.1) is 0 Å². The van der Waals surface area contributed by atoms with Crippen molar-refractivity contribution in [3.63, 3.8) is 0 Å². The van der Waals surface area contributed by atoms with Crippen molar-refractivity contribution in [1.29, 1.82) is 0 Å². The number of aliphatic hydroxyl groups excluding tert-OH is 1. The van der Waals surface area contributed by atoms with Crippen LogP contribution in [0.3, 0.4) is 0 Å². The molecule has 0 saturated heterocycles. The zero-order chi connectivity index (χ0) is 10.4. The van der Waals surface area contributed by atoms with Gasteiger partial charge in [0, 0.05) is 0 Å². The molecule has 13 heavy (non-hydrogen) atoms. The summed E-state index contributed by atoms with van der Waals surface area (Å²) in [6.07, 6.45) is -0.256. The normalized spacial score (nSPS) is 15.8. The Morgan fingerprint density at radius 1 is 1.54 bits per heavy atom. The molecule has 2 atom stereocenters. The number of hydrogen-bond acceptors (Lipinski definition) is 3. The van der Waals surface area contributed by atoms with Gasteiger partial charge in [-0.25, -0.2) is 0 Å². The van der Waals surface area contributed by atoms with E-state index in [0.29, 0.717) is 5.92 Å². The third-order valence-corrected chi connectivity index (χ3v) is 2.44. The summed E-state index contributed by atoms with van der Waals surface area (Å²) in [4.78, 5) is 10.3. The summed E-state index contributed by atoms with van der Waals surface area (Å²) >= 11 is 2.17. The number of hydrogen-bond donors (Lipinski definition) is 3. The summed E-state index contributed by atoms with van der Waals surface area (Å²) in [5.41, 5.74) is 0. The predicted molar refractivity (Wildman–Crippen MR) is 51.8 cm³/mol. The van der Waals surface area contributed by atoms with E-state index in [1.165, 1.54) is 0 Å². The van der Waals surface area contributed by atoms with E-state index in [9.17, 15) is 9.90 Å². The summed E-state index contributed by atoms with van der Waals surface area (Å²) < 4.78 is 2.86. The van der Waals surface area contributed by atoms with Crippen LogP contribution in [0.1, 0.15) is 26.7 Å². The van der Waals surface area contributed by atoms with Crippen LogP contribution in [0.2, 0.25) is 0 Å². The quantitative estimate of drug-likeness (QED) is 0.566.